The van der Waals surface area contributed by atoms with Gasteiger partial charge in [-0.1, -0.05) is 25.5 Å². The molecule has 0 unspecified atom stereocenters. The maximum absolute atomic E-state index is 3.51. The summed E-state index contributed by atoms with van der Waals surface area (Å²) in [6.45, 7) is 14.5. The molecule has 0 atom stereocenters. The largest absolute Gasteiger partial charge is 0.312 e. The van der Waals surface area contributed by atoms with Crippen LogP contribution in [0.1, 0.15) is 60.8 Å². The molecule has 0 aromatic rings. The molecule has 0 radical (unpaired) electrons. The van der Waals surface area contributed by atoms with Crippen molar-refractivity contribution in [2.75, 3.05) is 6.54 Å². The highest BCUT2D eigenvalue weighted by molar-refractivity contribution is 5.03. The molecular weight excluding hydrogens is 182 g/mol. The Kier molecular flexibility index (Phi) is 6.91. The van der Waals surface area contributed by atoms with E-state index in [4.69, 9.17) is 0 Å². The Balaban J connectivity index is 3.85. The van der Waals surface area contributed by atoms with Crippen molar-refractivity contribution in [2.24, 2.45) is 5.92 Å². The van der Waals surface area contributed by atoms with E-state index < -0.39 is 0 Å². The van der Waals surface area contributed by atoms with Gasteiger partial charge in [-0.25, -0.2) is 0 Å². The van der Waals surface area contributed by atoms with Gasteiger partial charge in [0.1, 0.15) is 0 Å². The third-order valence-electron chi connectivity index (χ3n) is 2.90. The first-order valence-corrected chi connectivity index (χ1v) is 6.32. The summed E-state index contributed by atoms with van der Waals surface area (Å²) in [6, 6.07) is 0. The number of allylic oxidation sites excluding steroid dienone is 1. The lowest BCUT2D eigenvalue weighted by Crippen LogP contribution is -2.36. The van der Waals surface area contributed by atoms with Crippen molar-refractivity contribution < 1.29 is 0 Å². The fraction of sp³-hybridized carbons (Fsp3) is 0.857. The maximum atomic E-state index is 3.51. The predicted octanol–water partition coefficient (Wildman–Crippen LogP) is 4.15. The van der Waals surface area contributed by atoms with Gasteiger partial charge in [0.25, 0.3) is 0 Å². The number of hydrogen-bond donors (Lipinski definition) is 1. The van der Waals surface area contributed by atoms with Crippen LogP contribution in [0.15, 0.2) is 11.6 Å². The highest BCUT2D eigenvalue weighted by Gasteiger charge is 2.07. The molecular formula is C14H29N. The zero-order valence-electron chi connectivity index (χ0n) is 11.5. The molecule has 1 heteroatoms. The Morgan fingerprint density at radius 2 is 1.73 bits per heavy atom. The van der Waals surface area contributed by atoms with Crippen LogP contribution in [-0.4, -0.2) is 12.1 Å². The molecule has 0 rings (SSSR count). The highest BCUT2D eigenvalue weighted by atomic mass is 14.9. The van der Waals surface area contributed by atoms with E-state index in [9.17, 15) is 0 Å². The van der Waals surface area contributed by atoms with Crippen LogP contribution < -0.4 is 5.32 Å². The lowest BCUT2D eigenvalue weighted by atomic mass is 9.94. The Morgan fingerprint density at radius 3 is 2.13 bits per heavy atom. The Hall–Kier alpha value is -0.300. The van der Waals surface area contributed by atoms with Gasteiger partial charge < -0.3 is 5.32 Å². The monoisotopic (exact) mass is 211 g/mol. The van der Waals surface area contributed by atoms with E-state index in [1.165, 1.54) is 12.8 Å². The van der Waals surface area contributed by atoms with E-state index >= 15 is 0 Å². The third-order valence-corrected chi connectivity index (χ3v) is 2.90. The summed E-state index contributed by atoms with van der Waals surface area (Å²) in [5, 5.41) is 3.51. The molecule has 0 fully saturated rings. The van der Waals surface area contributed by atoms with Crippen molar-refractivity contribution in [1.82, 2.24) is 5.32 Å². The van der Waals surface area contributed by atoms with Gasteiger partial charge in [-0.15, -0.1) is 0 Å². The van der Waals surface area contributed by atoms with Crippen LogP contribution in [-0.2, 0) is 0 Å². The standard InChI is InChI=1S/C14H29N/c1-7-13(8-2)12(3)10-9-11-15-14(4,5)6/h10,13,15H,7-9,11H2,1-6H3. The van der Waals surface area contributed by atoms with Crippen molar-refractivity contribution in [3.63, 3.8) is 0 Å². The van der Waals surface area contributed by atoms with Crippen LogP contribution in [0.4, 0.5) is 0 Å². The summed E-state index contributed by atoms with van der Waals surface area (Å²) in [5.74, 6) is 0.791. The maximum Gasteiger partial charge on any atom is 0.00966 e. The topological polar surface area (TPSA) is 12.0 Å². The van der Waals surface area contributed by atoms with Gasteiger partial charge in [0.2, 0.25) is 0 Å². The Bertz CT molecular complexity index is 182. The first-order chi connectivity index (χ1) is 6.90. The Labute approximate surface area is 96.3 Å². The molecule has 90 valence electrons. The first kappa shape index (κ1) is 14.7. The van der Waals surface area contributed by atoms with Crippen molar-refractivity contribution in [3.8, 4) is 0 Å². The molecule has 0 aromatic carbocycles. The van der Waals surface area contributed by atoms with E-state index in [0.29, 0.717) is 0 Å². The zero-order chi connectivity index (χ0) is 11.9. The van der Waals surface area contributed by atoms with Crippen LogP contribution in [0.5, 0.6) is 0 Å². The van der Waals surface area contributed by atoms with E-state index in [-0.39, 0.29) is 5.54 Å². The van der Waals surface area contributed by atoms with Crippen LogP contribution in [0.25, 0.3) is 0 Å². The molecule has 0 bridgehead atoms. The van der Waals surface area contributed by atoms with Crippen LogP contribution in [0.2, 0.25) is 0 Å². The van der Waals surface area contributed by atoms with E-state index in [1.807, 2.05) is 0 Å². The highest BCUT2D eigenvalue weighted by Crippen LogP contribution is 2.18. The Morgan fingerprint density at radius 1 is 1.20 bits per heavy atom. The van der Waals surface area contributed by atoms with Gasteiger partial charge in [-0.05, 0) is 59.4 Å². The van der Waals surface area contributed by atoms with Gasteiger partial charge >= 0.3 is 0 Å². The third kappa shape index (κ3) is 7.61. The average Bonchev–Trinajstić information content (AvgIpc) is 2.13. The summed E-state index contributed by atoms with van der Waals surface area (Å²) in [4.78, 5) is 0. The second-order valence-electron chi connectivity index (χ2n) is 5.43. The molecule has 0 aromatic heterocycles. The molecule has 0 saturated carbocycles. The van der Waals surface area contributed by atoms with Gasteiger partial charge in [0.15, 0.2) is 0 Å². The van der Waals surface area contributed by atoms with Crippen molar-refractivity contribution >= 4 is 0 Å². The summed E-state index contributed by atoms with van der Waals surface area (Å²) in [7, 11) is 0. The smallest absolute Gasteiger partial charge is 0.00966 e. The summed E-state index contributed by atoms with van der Waals surface area (Å²) in [5.41, 5.74) is 1.81. The lowest BCUT2D eigenvalue weighted by Gasteiger charge is -2.20. The minimum absolute atomic E-state index is 0.247. The van der Waals surface area contributed by atoms with Crippen LogP contribution in [0, 0.1) is 5.92 Å². The van der Waals surface area contributed by atoms with Crippen LogP contribution in [0.3, 0.4) is 0 Å². The normalized spacial score (nSPS) is 13.7. The van der Waals surface area contributed by atoms with E-state index in [0.717, 1.165) is 18.9 Å². The number of hydrogen-bond acceptors (Lipinski definition) is 1. The van der Waals surface area contributed by atoms with E-state index in [2.05, 4.69) is 52.9 Å². The lowest BCUT2D eigenvalue weighted by molar-refractivity contribution is 0.430. The zero-order valence-corrected chi connectivity index (χ0v) is 11.5. The molecule has 0 spiro atoms. The quantitative estimate of drug-likeness (QED) is 0.514. The van der Waals surface area contributed by atoms with Gasteiger partial charge in [-0.3, -0.25) is 0 Å². The summed E-state index contributed by atoms with van der Waals surface area (Å²) < 4.78 is 0. The van der Waals surface area contributed by atoms with Crippen LogP contribution >= 0.6 is 0 Å². The molecule has 0 aliphatic carbocycles. The number of rotatable bonds is 6. The van der Waals surface area contributed by atoms with Gasteiger partial charge in [0, 0.05) is 5.54 Å². The van der Waals surface area contributed by atoms with Gasteiger partial charge in [0.05, 0.1) is 0 Å². The number of nitrogens with one attached hydrogen (secondary N) is 1. The fourth-order valence-electron chi connectivity index (χ4n) is 1.85. The molecule has 1 nitrogen and oxygen atoms in total. The van der Waals surface area contributed by atoms with Gasteiger partial charge in [-0.2, -0.15) is 0 Å². The first-order valence-electron chi connectivity index (χ1n) is 6.32. The minimum atomic E-state index is 0.247. The molecule has 0 saturated heterocycles. The SMILES string of the molecule is CCC(CC)C(C)=CCCNC(C)(C)C. The molecule has 1 N–H and O–H groups in total. The minimum Gasteiger partial charge on any atom is -0.312 e. The van der Waals surface area contributed by atoms with Crippen molar-refractivity contribution in [2.45, 2.75) is 66.3 Å². The fourth-order valence-corrected chi connectivity index (χ4v) is 1.85. The van der Waals surface area contributed by atoms with Crippen molar-refractivity contribution in [1.29, 1.82) is 0 Å². The molecule has 0 heterocycles. The molecule has 15 heavy (non-hydrogen) atoms. The molecule has 0 aliphatic heterocycles. The second kappa shape index (κ2) is 7.05. The predicted molar refractivity (Wildman–Crippen MR) is 70.2 cm³/mol. The second-order valence-corrected chi connectivity index (χ2v) is 5.43. The summed E-state index contributed by atoms with van der Waals surface area (Å²) >= 11 is 0. The molecule has 0 aliphatic rings. The summed E-state index contributed by atoms with van der Waals surface area (Å²) in [6.07, 6.45) is 6.09. The van der Waals surface area contributed by atoms with Crippen molar-refractivity contribution in [3.05, 3.63) is 11.6 Å². The molecule has 0 amide bonds. The average molecular weight is 211 g/mol. The van der Waals surface area contributed by atoms with E-state index in [1.54, 1.807) is 5.57 Å².